The van der Waals surface area contributed by atoms with Gasteiger partial charge in [0.05, 0.1) is 5.69 Å². The predicted molar refractivity (Wildman–Crippen MR) is 54.1 cm³/mol. The van der Waals surface area contributed by atoms with E-state index in [-0.39, 0.29) is 0 Å². The van der Waals surface area contributed by atoms with Gasteiger partial charge < -0.3 is 0 Å². The van der Waals surface area contributed by atoms with E-state index in [1.54, 1.807) is 17.1 Å². The lowest BCUT2D eigenvalue weighted by molar-refractivity contribution is 0.773. The van der Waals surface area contributed by atoms with Crippen LogP contribution < -0.4 is 0 Å². The summed E-state index contributed by atoms with van der Waals surface area (Å²) < 4.78 is 2.78. The molecule has 0 radical (unpaired) electrons. The normalized spacial score (nSPS) is 10.3. The number of nitrogens with zero attached hydrogens (tertiary/aromatic N) is 3. The van der Waals surface area contributed by atoms with Crippen LogP contribution >= 0.6 is 15.9 Å². The fraction of sp³-hybridized carbons (Fsp3) is 0.111. The van der Waals surface area contributed by atoms with Crippen LogP contribution in [0.4, 0.5) is 0 Å². The first-order valence-corrected chi connectivity index (χ1v) is 4.67. The van der Waals surface area contributed by atoms with E-state index in [9.17, 15) is 0 Å². The van der Waals surface area contributed by atoms with Crippen molar-refractivity contribution in [2.45, 2.75) is 0 Å². The minimum Gasteiger partial charge on any atom is -0.266 e. The molecule has 13 heavy (non-hydrogen) atoms. The van der Waals surface area contributed by atoms with Crippen molar-refractivity contribution >= 4 is 15.9 Å². The third kappa shape index (κ3) is 1.49. The van der Waals surface area contributed by atoms with Crippen LogP contribution in [0, 0.1) is 0 Å². The molecule has 66 valence electrons. The summed E-state index contributed by atoms with van der Waals surface area (Å²) >= 11 is 3.45. The molecular weight excluding hydrogens is 230 g/mol. The zero-order valence-electron chi connectivity index (χ0n) is 7.11. The average molecular weight is 238 g/mol. The van der Waals surface area contributed by atoms with Crippen LogP contribution in [0.15, 0.2) is 35.1 Å². The van der Waals surface area contributed by atoms with Crippen LogP contribution in [0.5, 0.6) is 0 Å². The highest BCUT2D eigenvalue weighted by molar-refractivity contribution is 9.10. The Kier molecular flexibility index (Phi) is 2.14. The summed E-state index contributed by atoms with van der Waals surface area (Å²) in [6.45, 7) is 0. The van der Waals surface area contributed by atoms with Crippen molar-refractivity contribution in [2.75, 3.05) is 0 Å². The van der Waals surface area contributed by atoms with Crippen molar-refractivity contribution in [3.8, 4) is 11.4 Å². The third-order valence-corrected chi connectivity index (χ3v) is 2.46. The quantitative estimate of drug-likeness (QED) is 0.762. The number of hydrogen-bond donors (Lipinski definition) is 0. The first-order valence-electron chi connectivity index (χ1n) is 3.88. The van der Waals surface area contributed by atoms with Crippen molar-refractivity contribution in [1.82, 2.24) is 14.8 Å². The second kappa shape index (κ2) is 3.30. The van der Waals surface area contributed by atoms with Gasteiger partial charge in [0.1, 0.15) is 5.69 Å². The summed E-state index contributed by atoms with van der Waals surface area (Å²) in [6, 6.07) is 5.80. The monoisotopic (exact) mass is 237 g/mol. The van der Waals surface area contributed by atoms with E-state index in [0.29, 0.717) is 0 Å². The fourth-order valence-corrected chi connectivity index (χ4v) is 1.64. The first-order chi connectivity index (χ1) is 6.29. The van der Waals surface area contributed by atoms with E-state index in [0.717, 1.165) is 15.9 Å². The maximum atomic E-state index is 4.27. The minimum atomic E-state index is 0.919. The van der Waals surface area contributed by atoms with E-state index in [2.05, 4.69) is 26.0 Å². The highest BCUT2D eigenvalue weighted by Gasteiger charge is 2.06. The van der Waals surface area contributed by atoms with Crippen LogP contribution in [0.2, 0.25) is 0 Å². The Balaban J connectivity index is 2.59. The molecule has 2 aromatic rings. The molecule has 3 nitrogen and oxygen atoms in total. The molecule has 0 spiro atoms. The summed E-state index contributed by atoms with van der Waals surface area (Å²) in [4.78, 5) is 4.27. The van der Waals surface area contributed by atoms with E-state index in [1.807, 2.05) is 25.2 Å². The van der Waals surface area contributed by atoms with E-state index >= 15 is 0 Å². The lowest BCUT2D eigenvalue weighted by atomic mass is 10.3. The number of pyridine rings is 1. The SMILES string of the molecule is Cn1nccc1-c1ncccc1Br. The molecule has 0 aliphatic heterocycles. The summed E-state index contributed by atoms with van der Waals surface area (Å²) in [5.41, 5.74) is 1.93. The molecular formula is C9H8BrN3. The van der Waals surface area contributed by atoms with Crippen LogP contribution in [0.1, 0.15) is 0 Å². The van der Waals surface area contributed by atoms with Gasteiger partial charge in [-0.15, -0.1) is 0 Å². The minimum absolute atomic E-state index is 0.919. The van der Waals surface area contributed by atoms with Gasteiger partial charge in [-0.05, 0) is 34.1 Å². The number of rotatable bonds is 1. The molecule has 0 aliphatic carbocycles. The lowest BCUT2D eigenvalue weighted by Gasteiger charge is -2.02. The van der Waals surface area contributed by atoms with Gasteiger partial charge in [-0.25, -0.2) is 0 Å². The Morgan fingerprint density at radius 2 is 2.15 bits per heavy atom. The summed E-state index contributed by atoms with van der Waals surface area (Å²) in [7, 11) is 1.90. The molecule has 0 aromatic carbocycles. The van der Waals surface area contributed by atoms with Crippen LogP contribution in [-0.4, -0.2) is 14.8 Å². The number of aromatic nitrogens is 3. The third-order valence-electron chi connectivity index (χ3n) is 1.82. The molecule has 0 saturated carbocycles. The summed E-state index contributed by atoms with van der Waals surface area (Å²) in [6.07, 6.45) is 3.53. The Morgan fingerprint density at radius 1 is 1.31 bits per heavy atom. The molecule has 2 heterocycles. The van der Waals surface area contributed by atoms with Crippen LogP contribution in [0.3, 0.4) is 0 Å². The van der Waals surface area contributed by atoms with Crippen molar-refractivity contribution in [3.05, 3.63) is 35.1 Å². The van der Waals surface area contributed by atoms with E-state index < -0.39 is 0 Å². The molecule has 0 aliphatic rings. The van der Waals surface area contributed by atoms with Gasteiger partial charge in [-0.2, -0.15) is 5.10 Å². The largest absolute Gasteiger partial charge is 0.266 e. The smallest absolute Gasteiger partial charge is 0.102 e. The van der Waals surface area contributed by atoms with E-state index in [4.69, 9.17) is 0 Å². The Labute approximate surface area is 84.5 Å². The van der Waals surface area contributed by atoms with Gasteiger partial charge in [0.25, 0.3) is 0 Å². The highest BCUT2D eigenvalue weighted by Crippen LogP contribution is 2.24. The number of halogens is 1. The number of hydrogen-bond acceptors (Lipinski definition) is 2. The van der Waals surface area contributed by atoms with E-state index in [1.165, 1.54) is 0 Å². The Hall–Kier alpha value is -1.16. The fourth-order valence-electron chi connectivity index (χ4n) is 1.18. The van der Waals surface area contributed by atoms with Gasteiger partial charge >= 0.3 is 0 Å². The second-order valence-corrected chi connectivity index (χ2v) is 3.53. The standard InChI is InChI=1S/C9H8BrN3/c1-13-8(4-6-12-13)9-7(10)3-2-5-11-9/h2-6H,1H3. The second-order valence-electron chi connectivity index (χ2n) is 2.67. The van der Waals surface area contributed by atoms with Gasteiger partial charge in [-0.1, -0.05) is 0 Å². The lowest BCUT2D eigenvalue weighted by Crippen LogP contribution is -1.95. The van der Waals surface area contributed by atoms with Crippen molar-refractivity contribution < 1.29 is 0 Å². The molecule has 0 fully saturated rings. The highest BCUT2D eigenvalue weighted by atomic mass is 79.9. The molecule has 0 saturated heterocycles. The van der Waals surface area contributed by atoms with Gasteiger partial charge in [0.2, 0.25) is 0 Å². The molecule has 2 rings (SSSR count). The van der Waals surface area contributed by atoms with Crippen LogP contribution in [-0.2, 0) is 7.05 Å². The van der Waals surface area contributed by atoms with Crippen molar-refractivity contribution in [2.24, 2.45) is 7.05 Å². The van der Waals surface area contributed by atoms with Gasteiger partial charge in [0.15, 0.2) is 0 Å². The zero-order valence-corrected chi connectivity index (χ0v) is 8.69. The maximum absolute atomic E-state index is 4.27. The Bertz CT molecular complexity index is 422. The molecule has 0 bridgehead atoms. The Morgan fingerprint density at radius 3 is 2.77 bits per heavy atom. The molecule has 0 N–H and O–H groups in total. The van der Waals surface area contributed by atoms with Crippen molar-refractivity contribution in [3.63, 3.8) is 0 Å². The van der Waals surface area contributed by atoms with Crippen LogP contribution in [0.25, 0.3) is 11.4 Å². The average Bonchev–Trinajstić information content (AvgIpc) is 2.52. The summed E-state index contributed by atoms with van der Waals surface area (Å²) in [5, 5.41) is 4.09. The van der Waals surface area contributed by atoms with Crippen molar-refractivity contribution in [1.29, 1.82) is 0 Å². The van der Waals surface area contributed by atoms with Gasteiger partial charge in [0, 0.05) is 23.9 Å². The van der Waals surface area contributed by atoms with Gasteiger partial charge in [-0.3, -0.25) is 9.67 Å². The predicted octanol–water partition coefficient (Wildman–Crippen LogP) is 2.24. The molecule has 0 amide bonds. The first kappa shape index (κ1) is 8.44. The zero-order chi connectivity index (χ0) is 9.26. The molecule has 0 unspecified atom stereocenters. The summed E-state index contributed by atoms with van der Waals surface area (Å²) in [5.74, 6) is 0. The maximum Gasteiger partial charge on any atom is 0.102 e. The molecule has 0 atom stereocenters. The molecule has 2 aromatic heterocycles. The number of aryl methyl sites for hydroxylation is 1. The topological polar surface area (TPSA) is 30.7 Å². The molecule has 4 heteroatoms.